The minimum Gasteiger partial charge on any atom is -0.0619 e. The minimum absolute atomic E-state index is 0.124. The molecule has 0 unspecified atom stereocenters. The Morgan fingerprint density at radius 1 is 0.947 bits per heavy atom. The quantitative estimate of drug-likeness (QED) is 0.633. The highest BCUT2D eigenvalue weighted by Gasteiger charge is 2.37. The zero-order valence-electron chi connectivity index (χ0n) is 12.5. The molecule has 0 saturated heterocycles. The van der Waals surface area contributed by atoms with Crippen LogP contribution in [0.1, 0.15) is 55.9 Å². The molecular formula is C19H22. The molecule has 0 spiro atoms. The molecule has 0 amide bonds. The summed E-state index contributed by atoms with van der Waals surface area (Å²) >= 11 is 0. The molecule has 0 radical (unpaired) electrons. The maximum Gasteiger partial charge on any atom is 0.0161 e. The topological polar surface area (TPSA) is 0 Å². The minimum atomic E-state index is 0.124. The van der Waals surface area contributed by atoms with Crippen molar-refractivity contribution >= 4 is 0 Å². The fourth-order valence-electron chi connectivity index (χ4n) is 3.58. The second-order valence-electron chi connectivity index (χ2n) is 6.60. The Labute approximate surface area is 116 Å². The van der Waals surface area contributed by atoms with E-state index in [0.717, 1.165) is 0 Å². The van der Waals surface area contributed by atoms with E-state index in [2.05, 4.69) is 71.0 Å². The molecule has 1 aliphatic carbocycles. The monoisotopic (exact) mass is 250 g/mol. The van der Waals surface area contributed by atoms with Crippen LogP contribution in [0.15, 0.2) is 36.4 Å². The van der Waals surface area contributed by atoms with E-state index in [0.29, 0.717) is 5.92 Å². The van der Waals surface area contributed by atoms with E-state index in [9.17, 15) is 0 Å². The van der Waals surface area contributed by atoms with Crippen molar-refractivity contribution < 1.29 is 0 Å². The molecule has 0 N–H and O–H groups in total. The molecular weight excluding hydrogens is 228 g/mol. The largest absolute Gasteiger partial charge is 0.0619 e. The number of fused-ring (bicyclic) bond motifs is 3. The molecule has 1 aliphatic rings. The molecule has 0 nitrogen and oxygen atoms in total. The van der Waals surface area contributed by atoms with Gasteiger partial charge in [-0.1, -0.05) is 69.7 Å². The van der Waals surface area contributed by atoms with E-state index in [1.165, 1.54) is 33.4 Å². The van der Waals surface area contributed by atoms with Crippen LogP contribution in [0, 0.1) is 6.92 Å². The van der Waals surface area contributed by atoms with Gasteiger partial charge in [0.15, 0.2) is 0 Å². The molecule has 98 valence electrons. The van der Waals surface area contributed by atoms with Crippen molar-refractivity contribution in [2.24, 2.45) is 0 Å². The van der Waals surface area contributed by atoms with Gasteiger partial charge in [-0.15, -0.1) is 0 Å². The summed E-state index contributed by atoms with van der Waals surface area (Å²) in [5.74, 6) is 0.572. The standard InChI is InChI=1S/C19H22/c1-12(2)15-10-13(3)11-16-14-8-6-7-9-17(14)19(4,5)18(15)16/h6-12H,1-5H3. The molecule has 0 atom stereocenters. The maximum absolute atomic E-state index is 2.37. The summed E-state index contributed by atoms with van der Waals surface area (Å²) in [6.45, 7) is 11.5. The van der Waals surface area contributed by atoms with Crippen LogP contribution < -0.4 is 0 Å². The lowest BCUT2D eigenvalue weighted by Crippen LogP contribution is -2.17. The molecule has 0 bridgehead atoms. The molecule has 3 rings (SSSR count). The Hall–Kier alpha value is -1.56. The van der Waals surface area contributed by atoms with Crippen LogP contribution in [-0.2, 0) is 5.41 Å². The van der Waals surface area contributed by atoms with Crippen molar-refractivity contribution in [3.63, 3.8) is 0 Å². The molecule has 0 fully saturated rings. The summed E-state index contributed by atoms with van der Waals surface area (Å²) < 4.78 is 0. The predicted octanol–water partition coefficient (Wildman–Crippen LogP) is 5.42. The van der Waals surface area contributed by atoms with E-state index in [1.807, 2.05) is 0 Å². The number of aryl methyl sites for hydroxylation is 1. The summed E-state index contributed by atoms with van der Waals surface area (Å²) in [5, 5.41) is 0. The van der Waals surface area contributed by atoms with Gasteiger partial charge in [0.25, 0.3) is 0 Å². The smallest absolute Gasteiger partial charge is 0.0161 e. The van der Waals surface area contributed by atoms with E-state index in [1.54, 1.807) is 0 Å². The van der Waals surface area contributed by atoms with Crippen molar-refractivity contribution in [1.82, 2.24) is 0 Å². The van der Waals surface area contributed by atoms with Crippen molar-refractivity contribution in [1.29, 1.82) is 0 Å². The number of rotatable bonds is 1. The SMILES string of the molecule is Cc1cc2c(c(C(C)C)c1)C(C)(C)c1ccccc1-2. The third-order valence-corrected chi connectivity index (χ3v) is 4.45. The highest BCUT2D eigenvalue weighted by atomic mass is 14.4. The molecule has 2 aromatic rings. The molecule has 0 heteroatoms. The van der Waals surface area contributed by atoms with Crippen LogP contribution in [0.3, 0.4) is 0 Å². The molecule has 0 heterocycles. The fourth-order valence-corrected chi connectivity index (χ4v) is 3.58. The second-order valence-corrected chi connectivity index (χ2v) is 6.60. The lowest BCUT2D eigenvalue weighted by molar-refractivity contribution is 0.642. The third kappa shape index (κ3) is 1.66. The first-order chi connectivity index (χ1) is 8.93. The maximum atomic E-state index is 2.37. The van der Waals surface area contributed by atoms with Crippen LogP contribution in [0.2, 0.25) is 0 Å². The van der Waals surface area contributed by atoms with Gasteiger partial charge in [0, 0.05) is 5.41 Å². The highest BCUT2D eigenvalue weighted by Crippen LogP contribution is 2.51. The van der Waals surface area contributed by atoms with Crippen LogP contribution in [0.5, 0.6) is 0 Å². The average molecular weight is 250 g/mol. The van der Waals surface area contributed by atoms with Gasteiger partial charge in [-0.05, 0) is 40.7 Å². The van der Waals surface area contributed by atoms with Crippen molar-refractivity contribution in [2.75, 3.05) is 0 Å². The first kappa shape index (κ1) is 12.5. The zero-order valence-corrected chi connectivity index (χ0v) is 12.5. The first-order valence-corrected chi connectivity index (χ1v) is 7.18. The molecule has 0 aliphatic heterocycles. The molecule has 0 aromatic heterocycles. The summed E-state index contributed by atoms with van der Waals surface area (Å²) in [6, 6.07) is 13.6. The zero-order chi connectivity index (χ0) is 13.8. The van der Waals surface area contributed by atoms with Gasteiger partial charge in [0.05, 0.1) is 0 Å². The first-order valence-electron chi connectivity index (χ1n) is 7.18. The van der Waals surface area contributed by atoms with E-state index in [4.69, 9.17) is 0 Å². The Bertz CT molecular complexity index is 645. The van der Waals surface area contributed by atoms with Gasteiger partial charge in [-0.25, -0.2) is 0 Å². The van der Waals surface area contributed by atoms with Gasteiger partial charge in [0.1, 0.15) is 0 Å². The number of hydrogen-bond donors (Lipinski definition) is 0. The van der Waals surface area contributed by atoms with Crippen LogP contribution in [-0.4, -0.2) is 0 Å². The van der Waals surface area contributed by atoms with Crippen LogP contribution >= 0.6 is 0 Å². The van der Waals surface area contributed by atoms with Gasteiger partial charge in [-0.2, -0.15) is 0 Å². The lowest BCUT2D eigenvalue weighted by atomic mass is 9.77. The van der Waals surface area contributed by atoms with Crippen LogP contribution in [0.25, 0.3) is 11.1 Å². The van der Waals surface area contributed by atoms with Gasteiger partial charge in [0.2, 0.25) is 0 Å². The summed E-state index contributed by atoms with van der Waals surface area (Å²) in [4.78, 5) is 0. The van der Waals surface area contributed by atoms with Crippen molar-refractivity contribution in [3.8, 4) is 11.1 Å². The lowest BCUT2D eigenvalue weighted by Gasteiger charge is -2.26. The fraction of sp³-hybridized carbons (Fsp3) is 0.368. The Kier molecular flexibility index (Phi) is 2.60. The Morgan fingerprint density at radius 3 is 2.32 bits per heavy atom. The summed E-state index contributed by atoms with van der Waals surface area (Å²) in [7, 11) is 0. The summed E-state index contributed by atoms with van der Waals surface area (Å²) in [6.07, 6.45) is 0. The van der Waals surface area contributed by atoms with Crippen LogP contribution in [0.4, 0.5) is 0 Å². The molecule has 19 heavy (non-hydrogen) atoms. The van der Waals surface area contributed by atoms with Gasteiger partial charge < -0.3 is 0 Å². The Balaban J connectivity index is 2.41. The van der Waals surface area contributed by atoms with Crippen molar-refractivity contribution in [2.45, 2.75) is 46.0 Å². The number of hydrogen-bond acceptors (Lipinski definition) is 0. The number of benzene rings is 2. The van der Waals surface area contributed by atoms with E-state index in [-0.39, 0.29) is 5.41 Å². The van der Waals surface area contributed by atoms with Gasteiger partial charge >= 0.3 is 0 Å². The van der Waals surface area contributed by atoms with Crippen molar-refractivity contribution in [3.05, 3.63) is 58.7 Å². The Morgan fingerprint density at radius 2 is 1.63 bits per heavy atom. The highest BCUT2D eigenvalue weighted by molar-refractivity contribution is 5.82. The van der Waals surface area contributed by atoms with E-state index < -0.39 is 0 Å². The normalized spacial score (nSPS) is 15.5. The van der Waals surface area contributed by atoms with Gasteiger partial charge in [-0.3, -0.25) is 0 Å². The molecule has 0 saturated carbocycles. The van der Waals surface area contributed by atoms with E-state index >= 15 is 0 Å². The predicted molar refractivity (Wildman–Crippen MR) is 82.8 cm³/mol. The third-order valence-electron chi connectivity index (χ3n) is 4.45. The average Bonchev–Trinajstić information content (AvgIpc) is 2.58. The summed E-state index contributed by atoms with van der Waals surface area (Å²) in [5.41, 5.74) is 8.88. The molecule has 2 aromatic carbocycles. The second kappa shape index (κ2) is 3.96.